The molecule has 14 nitrogen and oxygen atoms in total. The van der Waals surface area contributed by atoms with Gasteiger partial charge in [0.25, 0.3) is 0 Å². The number of amides is 4. The number of hydrogen-bond acceptors (Lipinski definition) is 8. The van der Waals surface area contributed by atoms with Gasteiger partial charge in [-0.2, -0.15) is 0 Å². The van der Waals surface area contributed by atoms with E-state index in [2.05, 4.69) is 37.4 Å². The fourth-order valence-corrected chi connectivity index (χ4v) is 8.61. The van der Waals surface area contributed by atoms with Crippen LogP contribution in [0.5, 0.6) is 0 Å². The van der Waals surface area contributed by atoms with Crippen molar-refractivity contribution in [3.05, 3.63) is 83.7 Å². The maximum atomic E-state index is 13.9. The second kappa shape index (κ2) is 18.2. The summed E-state index contributed by atoms with van der Waals surface area (Å²) in [7, 11) is 2.59. The van der Waals surface area contributed by atoms with Crippen LogP contribution < -0.4 is 10.6 Å². The van der Waals surface area contributed by atoms with Gasteiger partial charge in [0.05, 0.1) is 50.1 Å². The van der Waals surface area contributed by atoms with E-state index in [0.717, 1.165) is 71.6 Å². The van der Waals surface area contributed by atoms with Gasteiger partial charge in [0.2, 0.25) is 11.8 Å². The molecule has 2 bridgehead atoms. The number of ether oxygens (including phenoxy) is 2. The number of fused-ring (bicyclic) bond motifs is 2. The number of aromatic amines is 2. The van der Waals surface area contributed by atoms with E-state index in [9.17, 15) is 19.2 Å². The summed E-state index contributed by atoms with van der Waals surface area (Å²) in [6.45, 7) is 8.23. The van der Waals surface area contributed by atoms with Crippen LogP contribution in [0.4, 0.5) is 9.59 Å². The average Bonchev–Trinajstić information content (AvgIpc) is 4.09. The Hall–Kier alpha value is -6.10. The van der Waals surface area contributed by atoms with Gasteiger partial charge in [-0.1, -0.05) is 71.2 Å². The number of hydrogen-bond donors (Lipinski definition) is 4. The van der Waals surface area contributed by atoms with E-state index in [4.69, 9.17) is 14.5 Å². The Morgan fingerprint density at radius 1 is 0.729 bits per heavy atom. The molecule has 3 aliphatic rings. The largest absolute Gasteiger partial charge is 0.453 e. The third kappa shape index (κ3) is 8.99. The van der Waals surface area contributed by atoms with E-state index < -0.39 is 24.3 Å². The highest BCUT2D eigenvalue weighted by Crippen LogP contribution is 2.50. The Labute approximate surface area is 346 Å². The fraction of sp³-hybridized carbons (Fsp3) is 0.467. The number of alkyl carbamates (subject to hydrolysis) is 2. The highest BCUT2D eigenvalue weighted by Gasteiger charge is 2.51. The van der Waals surface area contributed by atoms with E-state index in [1.807, 2.05) is 87.3 Å². The van der Waals surface area contributed by atoms with Gasteiger partial charge in [0, 0.05) is 23.7 Å². The summed E-state index contributed by atoms with van der Waals surface area (Å²) in [6.07, 6.45) is 6.90. The Morgan fingerprint density at radius 3 is 1.76 bits per heavy atom. The van der Waals surface area contributed by atoms with Crippen molar-refractivity contribution in [2.45, 2.75) is 97.4 Å². The number of carbonyl (C=O) groups excluding carboxylic acids is 4. The standard InChI is InChI=1S/C44H52N8O6.CH4/c1-25(2)36(49-43(55)57-5)41(53)51-21-7-8-35(51)39-45-23-33(47-39)29-15-11-27(12-16-29)9-10-28-13-17-30(18-14-28)34-24-46-40(48-34)38-31-19-20-32(22-31)52(38)42(54)37(26(3)4)50-44(56)58-6;/h11-18,23-26,31-32,35-38H,7-8,19-22H2,1-6H3,(H,45,47)(H,46,48)(H,49,55)(H,50,56);1H4/t31-,32+,35-,36-,37-,38-;/m0./s1. The monoisotopic (exact) mass is 804 g/mol. The molecule has 2 aromatic carbocycles. The van der Waals surface area contributed by atoms with Crippen molar-refractivity contribution in [3.8, 4) is 34.4 Å². The molecule has 3 fully saturated rings. The molecule has 2 aromatic heterocycles. The van der Waals surface area contributed by atoms with Gasteiger partial charge >= 0.3 is 12.2 Å². The van der Waals surface area contributed by atoms with Crippen molar-refractivity contribution >= 4 is 24.0 Å². The van der Waals surface area contributed by atoms with Crippen molar-refractivity contribution < 1.29 is 28.7 Å². The topological polar surface area (TPSA) is 175 Å². The Bertz CT molecular complexity index is 2180. The molecule has 4 aromatic rings. The zero-order valence-electron chi connectivity index (χ0n) is 33.9. The van der Waals surface area contributed by atoms with E-state index in [0.29, 0.717) is 18.3 Å². The molecule has 59 heavy (non-hydrogen) atoms. The van der Waals surface area contributed by atoms with Crippen LogP contribution in [0.1, 0.15) is 102 Å². The number of benzene rings is 2. The van der Waals surface area contributed by atoms with Crippen LogP contribution in [0.2, 0.25) is 0 Å². The minimum absolute atomic E-state index is 0. The summed E-state index contributed by atoms with van der Waals surface area (Å²) < 4.78 is 9.56. The predicted octanol–water partition coefficient (Wildman–Crippen LogP) is 6.98. The number of nitrogens with one attached hydrogen (secondary N) is 4. The summed E-state index contributed by atoms with van der Waals surface area (Å²) in [6, 6.07) is 14.3. The normalized spacial score (nSPS) is 20.4. The predicted molar refractivity (Wildman–Crippen MR) is 223 cm³/mol. The summed E-state index contributed by atoms with van der Waals surface area (Å²) in [5.74, 6) is 7.85. The number of nitrogens with zero attached hydrogens (tertiary/aromatic N) is 4. The molecule has 0 radical (unpaired) electrons. The van der Waals surface area contributed by atoms with Gasteiger partial charge in [-0.3, -0.25) is 9.59 Å². The summed E-state index contributed by atoms with van der Waals surface area (Å²) in [5, 5.41) is 5.44. The van der Waals surface area contributed by atoms with Crippen LogP contribution in [0, 0.1) is 29.6 Å². The van der Waals surface area contributed by atoms with Crippen molar-refractivity contribution in [1.82, 2.24) is 40.4 Å². The fourth-order valence-electron chi connectivity index (χ4n) is 8.61. The second-order valence-electron chi connectivity index (χ2n) is 16.1. The summed E-state index contributed by atoms with van der Waals surface area (Å²) in [5.41, 5.74) is 5.34. The lowest BCUT2D eigenvalue weighted by Gasteiger charge is -2.37. The minimum atomic E-state index is -0.690. The average molecular weight is 805 g/mol. The molecule has 4 amide bonds. The Kier molecular flexibility index (Phi) is 13.1. The number of aromatic nitrogens is 4. The van der Waals surface area contributed by atoms with E-state index >= 15 is 0 Å². The summed E-state index contributed by atoms with van der Waals surface area (Å²) in [4.78, 5) is 71.5. The first-order chi connectivity index (χ1) is 27.9. The first-order valence-electron chi connectivity index (χ1n) is 20.1. The van der Waals surface area contributed by atoms with Gasteiger partial charge < -0.3 is 39.9 Å². The van der Waals surface area contributed by atoms with Crippen molar-refractivity contribution in [2.24, 2.45) is 17.8 Å². The van der Waals surface area contributed by atoms with Gasteiger partial charge in [0.1, 0.15) is 23.7 Å². The molecule has 14 heteroatoms. The van der Waals surface area contributed by atoms with E-state index in [-0.39, 0.29) is 49.2 Å². The first kappa shape index (κ1) is 42.5. The molecule has 0 spiro atoms. The summed E-state index contributed by atoms with van der Waals surface area (Å²) >= 11 is 0. The van der Waals surface area contributed by atoms with Crippen LogP contribution in [0.15, 0.2) is 60.9 Å². The molecule has 7 rings (SSSR count). The molecular formula is C45H56N8O6. The number of rotatable bonds is 10. The van der Waals surface area contributed by atoms with Crippen molar-refractivity contribution in [2.75, 3.05) is 20.8 Å². The number of methoxy groups -OCH3 is 2. The molecule has 4 N–H and O–H groups in total. The quantitative estimate of drug-likeness (QED) is 0.124. The third-order valence-electron chi connectivity index (χ3n) is 11.7. The van der Waals surface area contributed by atoms with Gasteiger partial charge in [0.15, 0.2) is 0 Å². The molecule has 6 atom stereocenters. The van der Waals surface area contributed by atoms with Crippen molar-refractivity contribution in [1.29, 1.82) is 0 Å². The molecule has 1 aliphatic carbocycles. The smallest absolute Gasteiger partial charge is 0.407 e. The van der Waals surface area contributed by atoms with Crippen LogP contribution >= 0.6 is 0 Å². The maximum Gasteiger partial charge on any atom is 0.407 e. The van der Waals surface area contributed by atoms with E-state index in [1.54, 1.807) is 11.1 Å². The van der Waals surface area contributed by atoms with Crippen LogP contribution in [0.3, 0.4) is 0 Å². The molecular weight excluding hydrogens is 749 g/mol. The van der Waals surface area contributed by atoms with Crippen molar-refractivity contribution in [3.63, 3.8) is 0 Å². The van der Waals surface area contributed by atoms with E-state index in [1.165, 1.54) is 14.2 Å². The molecule has 1 saturated carbocycles. The third-order valence-corrected chi connectivity index (χ3v) is 11.7. The zero-order valence-corrected chi connectivity index (χ0v) is 33.9. The number of piperidine rings is 1. The molecule has 0 unspecified atom stereocenters. The number of H-pyrrole nitrogens is 2. The van der Waals surface area contributed by atoms with Gasteiger partial charge in [-0.25, -0.2) is 19.6 Å². The van der Waals surface area contributed by atoms with Gasteiger partial charge in [-0.15, -0.1) is 0 Å². The maximum absolute atomic E-state index is 13.9. The molecule has 2 aliphatic heterocycles. The highest BCUT2D eigenvalue weighted by atomic mass is 16.5. The van der Waals surface area contributed by atoms with Crippen LogP contribution in [-0.2, 0) is 19.1 Å². The first-order valence-corrected chi connectivity index (χ1v) is 20.1. The Morgan fingerprint density at radius 2 is 1.24 bits per heavy atom. The zero-order chi connectivity index (χ0) is 41.1. The Balaban J connectivity index is 0.00000585. The van der Waals surface area contributed by atoms with Crippen LogP contribution in [0.25, 0.3) is 22.5 Å². The van der Waals surface area contributed by atoms with Crippen LogP contribution in [-0.4, -0.2) is 92.6 Å². The minimum Gasteiger partial charge on any atom is -0.453 e. The number of likely N-dealkylation sites (tertiary alicyclic amines) is 2. The highest BCUT2D eigenvalue weighted by molar-refractivity contribution is 5.87. The SMILES string of the molecule is C.COC(=O)N[C@H](C(=O)N1CCC[C@H]1c1ncc(-c2ccc(C#Cc3ccc(-c4cnc([C@@H]5[C@H]6CC[C@H](C6)N5C(=O)[C@@H](NC(=O)OC)C(C)C)[nH]4)cc3)cc2)[nH]1)C(C)C. The lowest BCUT2D eigenvalue weighted by Crippen LogP contribution is -2.54. The number of imidazole rings is 2. The molecule has 2 saturated heterocycles. The van der Waals surface area contributed by atoms with Gasteiger partial charge in [-0.05, 0) is 85.3 Å². The second-order valence-corrected chi connectivity index (χ2v) is 16.1. The molecule has 312 valence electrons. The lowest BCUT2D eigenvalue weighted by molar-refractivity contribution is -0.139. The lowest BCUT2D eigenvalue weighted by atomic mass is 9.95. The number of carbonyl (C=O) groups is 4. The molecule has 4 heterocycles.